The fraction of sp³-hybridized carbons (Fsp3) is 0.400. The molecule has 0 amide bonds. The van der Waals surface area contributed by atoms with Crippen molar-refractivity contribution in [2.45, 2.75) is 25.7 Å². The van der Waals surface area contributed by atoms with E-state index < -0.39 is 0 Å². The van der Waals surface area contributed by atoms with Crippen molar-refractivity contribution in [1.82, 2.24) is 4.57 Å². The van der Waals surface area contributed by atoms with Gasteiger partial charge in [-0.1, -0.05) is 18.2 Å². The number of rotatable bonds is 2. The monoisotopic (exact) mass is 243 g/mol. The molecule has 0 radical (unpaired) electrons. The van der Waals surface area contributed by atoms with Gasteiger partial charge in [0, 0.05) is 23.6 Å². The molecule has 18 heavy (non-hydrogen) atoms. The smallest absolute Gasteiger partial charge is 0.313 e. The summed E-state index contributed by atoms with van der Waals surface area (Å²) in [4.78, 5) is 12.0. The van der Waals surface area contributed by atoms with Crippen LogP contribution in [0.5, 0.6) is 0 Å². The highest BCUT2D eigenvalue weighted by atomic mass is 16.5. The van der Waals surface area contributed by atoms with Crippen molar-refractivity contribution in [2.75, 3.05) is 6.61 Å². The van der Waals surface area contributed by atoms with Gasteiger partial charge in [0.05, 0.1) is 12.5 Å². The zero-order valence-electron chi connectivity index (χ0n) is 10.8. The fourth-order valence-corrected chi connectivity index (χ4v) is 3.07. The lowest BCUT2D eigenvalue weighted by Crippen LogP contribution is -2.13. The summed E-state index contributed by atoms with van der Waals surface area (Å²) >= 11 is 0. The number of esters is 1. The number of ether oxygens (including phenoxy) is 1. The number of hydrogen-bond acceptors (Lipinski definition) is 2. The average Bonchev–Trinajstić information content (AvgIpc) is 2.92. The maximum absolute atomic E-state index is 12.0. The van der Waals surface area contributed by atoms with Gasteiger partial charge < -0.3 is 9.30 Å². The molecule has 0 saturated carbocycles. The minimum absolute atomic E-state index is 0.0763. The third kappa shape index (κ3) is 1.47. The first-order chi connectivity index (χ1) is 8.74. The van der Waals surface area contributed by atoms with Crippen LogP contribution in [-0.4, -0.2) is 17.1 Å². The van der Waals surface area contributed by atoms with E-state index in [1.54, 1.807) is 0 Å². The Morgan fingerprint density at radius 2 is 2.22 bits per heavy atom. The Morgan fingerprint density at radius 3 is 3.00 bits per heavy atom. The molecule has 1 heterocycles. The highest BCUT2D eigenvalue weighted by Gasteiger charge is 2.34. The minimum Gasteiger partial charge on any atom is -0.466 e. The Balaban J connectivity index is 2.15. The zero-order chi connectivity index (χ0) is 12.7. The Morgan fingerprint density at radius 1 is 1.44 bits per heavy atom. The number of nitrogens with zero attached hydrogens (tertiary/aromatic N) is 1. The molecule has 1 atom stereocenters. The summed E-state index contributed by atoms with van der Waals surface area (Å²) in [5, 5.41) is 1.20. The van der Waals surface area contributed by atoms with E-state index in [4.69, 9.17) is 4.74 Å². The van der Waals surface area contributed by atoms with Gasteiger partial charge in [-0.05, 0) is 31.4 Å². The van der Waals surface area contributed by atoms with Crippen LogP contribution >= 0.6 is 0 Å². The Labute approximate surface area is 106 Å². The predicted octanol–water partition coefficient (Wildman–Crippen LogP) is 2.77. The van der Waals surface area contributed by atoms with Gasteiger partial charge in [0.15, 0.2) is 0 Å². The Hall–Kier alpha value is -1.77. The number of carbonyl (C=O) groups excluding carboxylic acids is 1. The minimum atomic E-state index is -0.0777. The topological polar surface area (TPSA) is 31.2 Å². The molecule has 1 aliphatic rings. The molecule has 3 rings (SSSR count). The predicted molar refractivity (Wildman–Crippen MR) is 70.6 cm³/mol. The van der Waals surface area contributed by atoms with Gasteiger partial charge in [0.1, 0.15) is 0 Å². The lowest BCUT2D eigenvalue weighted by atomic mass is 10.0. The van der Waals surface area contributed by atoms with Crippen LogP contribution in [0.1, 0.15) is 30.5 Å². The Bertz CT molecular complexity index is 612. The number of carbonyl (C=O) groups is 1. The molecular formula is C15H17NO2. The second-order valence-electron chi connectivity index (χ2n) is 4.78. The van der Waals surface area contributed by atoms with Gasteiger partial charge in [-0.3, -0.25) is 4.79 Å². The van der Waals surface area contributed by atoms with Crippen LogP contribution in [0.3, 0.4) is 0 Å². The molecule has 2 aromatic rings. The molecule has 1 aliphatic carbocycles. The summed E-state index contributed by atoms with van der Waals surface area (Å²) in [5.41, 5.74) is 3.68. The van der Waals surface area contributed by atoms with Gasteiger partial charge in [0.25, 0.3) is 0 Å². The normalized spacial score (nSPS) is 18.0. The summed E-state index contributed by atoms with van der Waals surface area (Å²) in [6.45, 7) is 2.31. The number of hydrogen-bond donors (Lipinski definition) is 0. The molecule has 0 fully saturated rings. The van der Waals surface area contributed by atoms with Gasteiger partial charge in [-0.2, -0.15) is 0 Å². The summed E-state index contributed by atoms with van der Waals surface area (Å²) < 4.78 is 7.40. The summed E-state index contributed by atoms with van der Waals surface area (Å²) in [5.74, 6) is -0.154. The summed E-state index contributed by atoms with van der Waals surface area (Å²) in [6, 6.07) is 8.28. The van der Waals surface area contributed by atoms with Gasteiger partial charge in [0.2, 0.25) is 0 Å². The quantitative estimate of drug-likeness (QED) is 0.759. The summed E-state index contributed by atoms with van der Waals surface area (Å²) in [6.07, 6.45) is 1.84. The van der Waals surface area contributed by atoms with Crippen molar-refractivity contribution in [3.8, 4) is 0 Å². The van der Waals surface area contributed by atoms with E-state index >= 15 is 0 Å². The highest BCUT2D eigenvalue weighted by Crippen LogP contribution is 2.40. The van der Waals surface area contributed by atoms with Crippen LogP contribution in [0.15, 0.2) is 24.3 Å². The summed E-state index contributed by atoms with van der Waals surface area (Å²) in [7, 11) is 2.08. The second-order valence-corrected chi connectivity index (χ2v) is 4.78. The van der Waals surface area contributed by atoms with Crippen LogP contribution in [0.25, 0.3) is 10.9 Å². The zero-order valence-corrected chi connectivity index (χ0v) is 10.8. The Kier molecular flexibility index (Phi) is 2.62. The second kappa shape index (κ2) is 4.16. The molecule has 1 aromatic carbocycles. The SMILES string of the molecule is CCOC(=O)C1CCc2c1c1ccccc1n2C. The molecular weight excluding hydrogens is 226 g/mol. The molecule has 1 aromatic heterocycles. The first kappa shape index (κ1) is 11.3. The highest BCUT2D eigenvalue weighted by molar-refractivity contribution is 5.92. The van der Waals surface area contributed by atoms with Gasteiger partial charge >= 0.3 is 5.97 Å². The number of fused-ring (bicyclic) bond motifs is 3. The fourth-order valence-electron chi connectivity index (χ4n) is 3.07. The van der Waals surface area contributed by atoms with E-state index in [9.17, 15) is 4.79 Å². The molecule has 1 unspecified atom stereocenters. The molecule has 0 saturated heterocycles. The van der Waals surface area contributed by atoms with Crippen molar-refractivity contribution in [3.63, 3.8) is 0 Å². The number of para-hydroxylation sites is 1. The molecule has 0 N–H and O–H groups in total. The van der Waals surface area contributed by atoms with Crippen molar-refractivity contribution < 1.29 is 9.53 Å². The molecule has 0 aliphatic heterocycles. The third-order valence-electron chi connectivity index (χ3n) is 3.86. The first-order valence-electron chi connectivity index (χ1n) is 6.46. The van der Waals surface area contributed by atoms with E-state index in [1.807, 2.05) is 19.1 Å². The molecule has 94 valence electrons. The standard InChI is InChI=1S/C15H17NO2/c1-3-18-15(17)11-8-9-13-14(11)10-6-4-5-7-12(10)16(13)2/h4-7,11H,3,8-9H2,1-2H3. The van der Waals surface area contributed by atoms with E-state index in [2.05, 4.69) is 23.7 Å². The maximum atomic E-state index is 12.0. The van der Waals surface area contributed by atoms with Gasteiger partial charge in [-0.15, -0.1) is 0 Å². The van der Waals surface area contributed by atoms with E-state index in [1.165, 1.54) is 22.2 Å². The van der Waals surface area contributed by atoms with Crippen molar-refractivity contribution in [1.29, 1.82) is 0 Å². The average molecular weight is 243 g/mol. The maximum Gasteiger partial charge on any atom is 0.313 e. The van der Waals surface area contributed by atoms with E-state index in [0.29, 0.717) is 6.61 Å². The molecule has 3 heteroatoms. The first-order valence-corrected chi connectivity index (χ1v) is 6.46. The number of benzene rings is 1. The lowest BCUT2D eigenvalue weighted by molar-refractivity contribution is -0.144. The van der Waals surface area contributed by atoms with Crippen LogP contribution in [0.4, 0.5) is 0 Å². The van der Waals surface area contributed by atoms with E-state index in [0.717, 1.165) is 12.8 Å². The van der Waals surface area contributed by atoms with Crippen LogP contribution < -0.4 is 0 Å². The van der Waals surface area contributed by atoms with Crippen LogP contribution in [0.2, 0.25) is 0 Å². The number of aromatic nitrogens is 1. The van der Waals surface area contributed by atoms with Crippen molar-refractivity contribution >= 4 is 16.9 Å². The van der Waals surface area contributed by atoms with E-state index in [-0.39, 0.29) is 11.9 Å². The largest absolute Gasteiger partial charge is 0.466 e. The van der Waals surface area contributed by atoms with Crippen molar-refractivity contribution in [3.05, 3.63) is 35.5 Å². The number of aryl methyl sites for hydroxylation is 1. The van der Waals surface area contributed by atoms with Crippen LogP contribution in [-0.2, 0) is 23.0 Å². The molecule has 3 nitrogen and oxygen atoms in total. The lowest BCUT2D eigenvalue weighted by Gasteiger charge is -2.09. The molecule has 0 bridgehead atoms. The van der Waals surface area contributed by atoms with Gasteiger partial charge in [-0.25, -0.2) is 0 Å². The third-order valence-corrected chi connectivity index (χ3v) is 3.86. The molecule has 0 spiro atoms. The van der Waals surface area contributed by atoms with Crippen LogP contribution in [0, 0.1) is 0 Å². The van der Waals surface area contributed by atoms with Crippen molar-refractivity contribution in [2.24, 2.45) is 7.05 Å².